The number of nitrogens with zero attached hydrogens (tertiary/aromatic N) is 2. The van der Waals surface area contributed by atoms with Gasteiger partial charge >= 0.3 is 6.18 Å². The van der Waals surface area contributed by atoms with E-state index in [1.54, 1.807) is 0 Å². The lowest BCUT2D eigenvalue weighted by atomic mass is 10.2. The highest BCUT2D eigenvalue weighted by Crippen LogP contribution is 2.34. The summed E-state index contributed by atoms with van der Waals surface area (Å²) in [4.78, 5) is 18.7. The van der Waals surface area contributed by atoms with Crippen LogP contribution in [0.15, 0.2) is 17.2 Å². The molecule has 0 aliphatic rings. The van der Waals surface area contributed by atoms with E-state index in [1.807, 2.05) is 0 Å². The standard InChI is InChI=1S/C17H27F3N4O3Si/c1-26-6-5-21-15(17(18,19)20)13-9-12-14(16(25)23-10-22-12)24(13)11-27-7-8-28(2,3)4/h9-10,15,21H,5-8,11H2,1-4H3,(H,22,23,25). The van der Waals surface area contributed by atoms with Gasteiger partial charge in [0.15, 0.2) is 0 Å². The number of ether oxygens (including phenoxy) is 2. The molecule has 0 aromatic carbocycles. The molecule has 0 spiro atoms. The van der Waals surface area contributed by atoms with E-state index >= 15 is 0 Å². The van der Waals surface area contributed by atoms with Crippen LogP contribution in [0.4, 0.5) is 13.2 Å². The van der Waals surface area contributed by atoms with Gasteiger partial charge in [-0.25, -0.2) is 4.98 Å². The summed E-state index contributed by atoms with van der Waals surface area (Å²) in [5.41, 5.74) is -0.373. The zero-order chi connectivity index (χ0) is 20.9. The molecule has 2 heterocycles. The molecule has 11 heteroatoms. The molecule has 0 saturated heterocycles. The smallest absolute Gasteiger partial charge is 0.383 e. The Morgan fingerprint density at radius 1 is 1.32 bits per heavy atom. The summed E-state index contributed by atoms with van der Waals surface area (Å²) in [7, 11) is 0.0620. The van der Waals surface area contributed by atoms with Crippen LogP contribution < -0.4 is 10.9 Å². The molecule has 28 heavy (non-hydrogen) atoms. The predicted octanol–water partition coefficient (Wildman–Crippen LogP) is 2.88. The van der Waals surface area contributed by atoms with E-state index in [9.17, 15) is 18.0 Å². The minimum absolute atomic E-state index is 0.00245. The summed E-state index contributed by atoms with van der Waals surface area (Å²) in [6.45, 7) is 6.93. The van der Waals surface area contributed by atoms with Crippen LogP contribution >= 0.6 is 0 Å². The monoisotopic (exact) mass is 420 g/mol. The quantitative estimate of drug-likeness (QED) is 0.456. The number of halogens is 3. The summed E-state index contributed by atoms with van der Waals surface area (Å²) >= 11 is 0. The van der Waals surface area contributed by atoms with Crippen molar-refractivity contribution in [2.75, 3.05) is 26.9 Å². The van der Waals surface area contributed by atoms with E-state index in [0.717, 1.165) is 6.04 Å². The first-order valence-corrected chi connectivity index (χ1v) is 12.7. The van der Waals surface area contributed by atoms with Crippen molar-refractivity contribution in [2.45, 2.75) is 44.6 Å². The number of aromatic nitrogens is 3. The first kappa shape index (κ1) is 22.6. The average Bonchev–Trinajstić information content (AvgIpc) is 2.93. The van der Waals surface area contributed by atoms with Gasteiger partial charge in [0.1, 0.15) is 18.3 Å². The third-order valence-corrected chi connectivity index (χ3v) is 5.92. The lowest BCUT2D eigenvalue weighted by Gasteiger charge is -2.24. The second kappa shape index (κ2) is 9.20. The molecule has 7 nitrogen and oxygen atoms in total. The van der Waals surface area contributed by atoms with Gasteiger partial charge in [-0.3, -0.25) is 10.1 Å². The molecule has 0 aliphatic carbocycles. The number of hydrogen-bond acceptors (Lipinski definition) is 5. The second-order valence-electron chi connectivity index (χ2n) is 7.73. The van der Waals surface area contributed by atoms with Crippen molar-refractivity contribution in [2.24, 2.45) is 0 Å². The Kier molecular flexibility index (Phi) is 7.43. The van der Waals surface area contributed by atoms with E-state index in [0.29, 0.717) is 6.61 Å². The highest BCUT2D eigenvalue weighted by molar-refractivity contribution is 6.76. The number of alkyl halides is 3. The lowest BCUT2D eigenvalue weighted by Crippen LogP contribution is -2.37. The summed E-state index contributed by atoms with van der Waals surface area (Å²) in [5, 5.41) is 2.45. The van der Waals surface area contributed by atoms with Gasteiger partial charge in [0.05, 0.1) is 18.5 Å². The fraction of sp³-hybridized carbons (Fsp3) is 0.647. The third-order valence-electron chi connectivity index (χ3n) is 4.22. The molecule has 0 amide bonds. The Labute approximate surface area is 162 Å². The zero-order valence-corrected chi connectivity index (χ0v) is 17.5. The molecule has 2 rings (SSSR count). The van der Waals surface area contributed by atoms with Gasteiger partial charge < -0.3 is 19.0 Å². The van der Waals surface area contributed by atoms with Crippen LogP contribution in [0.3, 0.4) is 0 Å². The van der Waals surface area contributed by atoms with Crippen molar-refractivity contribution in [3.05, 3.63) is 28.4 Å². The Bertz CT molecular complexity index is 830. The predicted molar refractivity (Wildman–Crippen MR) is 103 cm³/mol. The van der Waals surface area contributed by atoms with Crippen LogP contribution in [0.5, 0.6) is 0 Å². The van der Waals surface area contributed by atoms with Gasteiger partial charge in [0, 0.05) is 34.0 Å². The van der Waals surface area contributed by atoms with E-state index in [-0.39, 0.29) is 36.6 Å². The van der Waals surface area contributed by atoms with Gasteiger partial charge in [-0.2, -0.15) is 13.2 Å². The number of H-pyrrole nitrogens is 1. The first-order chi connectivity index (χ1) is 13.0. The molecular weight excluding hydrogens is 393 g/mol. The van der Waals surface area contributed by atoms with Gasteiger partial charge in [-0.05, 0) is 12.1 Å². The van der Waals surface area contributed by atoms with Crippen molar-refractivity contribution in [1.82, 2.24) is 19.9 Å². The zero-order valence-electron chi connectivity index (χ0n) is 16.5. The molecular formula is C17H27F3N4O3Si. The summed E-state index contributed by atoms with van der Waals surface area (Å²) in [5.74, 6) is 0. The van der Waals surface area contributed by atoms with Crippen LogP contribution in [0.2, 0.25) is 25.7 Å². The molecule has 0 fully saturated rings. The fourth-order valence-electron chi connectivity index (χ4n) is 2.73. The third kappa shape index (κ3) is 5.90. The molecule has 1 unspecified atom stereocenters. The summed E-state index contributed by atoms with van der Waals surface area (Å²) in [6.07, 6.45) is -3.39. The van der Waals surface area contributed by atoms with Crippen LogP contribution in [0.25, 0.3) is 11.0 Å². The highest BCUT2D eigenvalue weighted by atomic mass is 28.3. The van der Waals surface area contributed by atoms with Crippen molar-refractivity contribution in [1.29, 1.82) is 0 Å². The maximum absolute atomic E-state index is 13.7. The molecule has 2 aromatic heterocycles. The van der Waals surface area contributed by atoms with Crippen molar-refractivity contribution in [3.8, 4) is 0 Å². The van der Waals surface area contributed by atoms with Crippen LogP contribution in [0.1, 0.15) is 11.7 Å². The Morgan fingerprint density at radius 2 is 2.04 bits per heavy atom. The van der Waals surface area contributed by atoms with Crippen molar-refractivity contribution in [3.63, 3.8) is 0 Å². The molecule has 2 N–H and O–H groups in total. The number of rotatable bonds is 10. The van der Waals surface area contributed by atoms with E-state index in [1.165, 1.54) is 24.1 Å². The molecule has 2 aromatic rings. The number of aromatic amines is 1. The molecule has 0 saturated carbocycles. The first-order valence-electron chi connectivity index (χ1n) is 8.98. The largest absolute Gasteiger partial charge is 0.409 e. The maximum atomic E-state index is 13.7. The average molecular weight is 421 g/mol. The Hall–Kier alpha value is -1.69. The van der Waals surface area contributed by atoms with Crippen LogP contribution in [-0.4, -0.2) is 55.7 Å². The van der Waals surface area contributed by atoms with Crippen molar-refractivity contribution < 1.29 is 22.6 Å². The summed E-state index contributed by atoms with van der Waals surface area (Å²) < 4.78 is 52.9. The number of methoxy groups -OCH3 is 1. The van der Waals surface area contributed by atoms with Crippen LogP contribution in [-0.2, 0) is 16.2 Å². The van der Waals surface area contributed by atoms with Gasteiger partial charge in [0.25, 0.3) is 5.56 Å². The molecule has 0 radical (unpaired) electrons. The lowest BCUT2D eigenvalue weighted by molar-refractivity contribution is -0.160. The molecule has 158 valence electrons. The second-order valence-corrected chi connectivity index (χ2v) is 13.4. The van der Waals surface area contributed by atoms with Gasteiger partial charge in [0.2, 0.25) is 0 Å². The molecule has 0 bridgehead atoms. The minimum atomic E-state index is -4.56. The van der Waals surface area contributed by atoms with Crippen LogP contribution in [0, 0.1) is 0 Å². The number of nitrogens with one attached hydrogen (secondary N) is 2. The molecule has 0 aliphatic heterocycles. The fourth-order valence-corrected chi connectivity index (χ4v) is 3.48. The van der Waals surface area contributed by atoms with Gasteiger partial charge in [-0.15, -0.1) is 0 Å². The van der Waals surface area contributed by atoms with E-state index < -0.39 is 25.9 Å². The summed E-state index contributed by atoms with van der Waals surface area (Å²) in [6, 6.07) is 0.173. The molecule has 1 atom stereocenters. The SMILES string of the molecule is COCCNC(c1cc2nc[nH]c(=O)c2n1COCC[Si](C)(C)C)C(F)(F)F. The Morgan fingerprint density at radius 3 is 2.64 bits per heavy atom. The number of hydrogen-bond donors (Lipinski definition) is 2. The van der Waals surface area contributed by atoms with E-state index in [4.69, 9.17) is 9.47 Å². The topological polar surface area (TPSA) is 81.2 Å². The minimum Gasteiger partial charge on any atom is -0.383 e. The van der Waals surface area contributed by atoms with Crippen molar-refractivity contribution >= 4 is 19.1 Å². The maximum Gasteiger partial charge on any atom is 0.409 e. The van der Waals surface area contributed by atoms with Gasteiger partial charge in [-0.1, -0.05) is 19.6 Å². The van der Waals surface area contributed by atoms with E-state index in [2.05, 4.69) is 34.9 Å². The Balaban J connectivity index is 2.39. The highest BCUT2D eigenvalue weighted by Gasteiger charge is 2.42. The number of fused-ring (bicyclic) bond motifs is 1. The normalized spacial score (nSPS) is 14.0.